The van der Waals surface area contributed by atoms with Gasteiger partial charge in [0.25, 0.3) is 5.69 Å². The molecule has 0 spiro atoms. The topological polar surface area (TPSA) is 158 Å². The van der Waals surface area contributed by atoms with Gasteiger partial charge < -0.3 is 20.5 Å². The zero-order chi connectivity index (χ0) is 21.9. The first-order chi connectivity index (χ1) is 13.6. The molecule has 10 heteroatoms. The molecule has 1 aromatic carbocycles. The van der Waals surface area contributed by atoms with E-state index in [1.54, 1.807) is 19.9 Å². The average Bonchev–Trinajstić information content (AvgIpc) is 2.65. The number of nitrogens with two attached hydrogens (primary N) is 1. The lowest BCUT2D eigenvalue weighted by Gasteiger charge is -2.31. The van der Waals surface area contributed by atoms with Crippen LogP contribution < -0.4 is 11.1 Å². The van der Waals surface area contributed by atoms with E-state index in [9.17, 15) is 19.7 Å². The van der Waals surface area contributed by atoms with Crippen LogP contribution in [0.5, 0.6) is 0 Å². The number of carbonyl (C=O) groups excluding carboxylic acids is 2. The van der Waals surface area contributed by atoms with E-state index in [2.05, 4.69) is 5.32 Å². The van der Waals surface area contributed by atoms with E-state index < -0.39 is 34.7 Å². The maximum absolute atomic E-state index is 12.9. The maximum atomic E-state index is 12.9. The number of carbonyl (C=O) groups is 2. The molecule has 0 aromatic heterocycles. The number of esters is 2. The third-order valence-corrected chi connectivity index (χ3v) is 4.24. The Morgan fingerprint density at radius 1 is 1.24 bits per heavy atom. The Balaban J connectivity index is 2.88. The molecule has 0 amide bonds. The second kappa shape index (κ2) is 8.55. The second-order valence-corrected chi connectivity index (χ2v) is 6.56. The highest BCUT2D eigenvalue weighted by molar-refractivity contribution is 6.08. The molecule has 0 saturated heterocycles. The Morgan fingerprint density at radius 3 is 2.38 bits per heavy atom. The third-order valence-electron chi connectivity index (χ3n) is 4.24. The van der Waals surface area contributed by atoms with E-state index in [-0.39, 0.29) is 33.8 Å². The lowest BCUT2D eigenvalue weighted by molar-refractivity contribution is -0.385. The predicted molar refractivity (Wildman–Crippen MR) is 104 cm³/mol. The monoisotopic (exact) mass is 402 g/mol. The van der Waals surface area contributed by atoms with Crippen molar-refractivity contribution in [1.29, 1.82) is 5.41 Å². The minimum absolute atomic E-state index is 0.0116. The molecule has 10 nitrogen and oxygen atoms in total. The van der Waals surface area contributed by atoms with Gasteiger partial charge in [0.2, 0.25) is 0 Å². The Hall–Kier alpha value is -3.69. The summed E-state index contributed by atoms with van der Waals surface area (Å²) < 4.78 is 10.1. The van der Waals surface area contributed by atoms with Gasteiger partial charge in [0.15, 0.2) is 0 Å². The highest BCUT2D eigenvalue weighted by atomic mass is 16.6. The van der Waals surface area contributed by atoms with Crippen molar-refractivity contribution in [3.8, 4) is 0 Å². The Bertz CT molecular complexity index is 948. The predicted octanol–water partition coefficient (Wildman–Crippen LogP) is 1.87. The van der Waals surface area contributed by atoms with E-state index >= 15 is 0 Å². The molecule has 4 N–H and O–H groups in total. The van der Waals surface area contributed by atoms with Gasteiger partial charge in [-0.3, -0.25) is 15.5 Å². The number of ether oxygens (including phenoxy) is 2. The van der Waals surface area contributed by atoms with Crippen molar-refractivity contribution in [2.75, 3.05) is 7.11 Å². The molecule has 1 aromatic rings. The molecular weight excluding hydrogens is 380 g/mol. The summed E-state index contributed by atoms with van der Waals surface area (Å²) in [6.07, 6.45) is -0.511. The number of rotatable bonds is 6. The quantitative estimate of drug-likeness (QED) is 0.214. The van der Waals surface area contributed by atoms with Gasteiger partial charge >= 0.3 is 11.9 Å². The number of para-hydroxylation sites is 1. The first kappa shape index (κ1) is 21.6. The first-order valence-electron chi connectivity index (χ1n) is 8.69. The molecule has 29 heavy (non-hydrogen) atoms. The molecule has 0 bridgehead atoms. The molecule has 1 atom stereocenters. The molecule has 2 rings (SSSR count). The van der Waals surface area contributed by atoms with Gasteiger partial charge in [-0.25, -0.2) is 9.59 Å². The summed E-state index contributed by atoms with van der Waals surface area (Å²) in [4.78, 5) is 36.5. The van der Waals surface area contributed by atoms with E-state index in [1.165, 1.54) is 25.1 Å². The fourth-order valence-corrected chi connectivity index (χ4v) is 3.13. The number of amidine groups is 1. The molecule has 0 fully saturated rings. The summed E-state index contributed by atoms with van der Waals surface area (Å²) in [6, 6.07) is 5.72. The van der Waals surface area contributed by atoms with Crippen molar-refractivity contribution >= 4 is 23.5 Å². The molecule has 1 aliphatic heterocycles. The van der Waals surface area contributed by atoms with Crippen LogP contribution in [-0.2, 0) is 19.1 Å². The van der Waals surface area contributed by atoms with Gasteiger partial charge in [-0.15, -0.1) is 0 Å². The highest BCUT2D eigenvalue weighted by Crippen LogP contribution is 2.42. The zero-order valence-electron chi connectivity index (χ0n) is 16.4. The highest BCUT2D eigenvalue weighted by Gasteiger charge is 2.42. The van der Waals surface area contributed by atoms with Gasteiger partial charge in [0.1, 0.15) is 5.84 Å². The second-order valence-electron chi connectivity index (χ2n) is 6.56. The number of allylic oxidation sites excluding steroid dienone is 1. The van der Waals surface area contributed by atoms with Gasteiger partial charge in [-0.1, -0.05) is 18.2 Å². The van der Waals surface area contributed by atoms with E-state index in [0.717, 1.165) is 7.11 Å². The molecular formula is C19H22N4O6. The number of nitrogens with one attached hydrogen (secondary N) is 2. The molecule has 0 radical (unpaired) electrons. The van der Waals surface area contributed by atoms with Gasteiger partial charge in [0, 0.05) is 17.3 Å². The van der Waals surface area contributed by atoms with Crippen molar-refractivity contribution in [2.45, 2.75) is 32.8 Å². The number of nitro benzene ring substituents is 1. The number of nitro groups is 1. The summed E-state index contributed by atoms with van der Waals surface area (Å²) in [5, 5.41) is 22.3. The van der Waals surface area contributed by atoms with Crippen molar-refractivity contribution < 1.29 is 24.0 Å². The van der Waals surface area contributed by atoms with Gasteiger partial charge in [0.05, 0.1) is 40.9 Å². The number of methoxy groups -OCH3 is 1. The normalized spacial score (nSPS) is 16.4. The van der Waals surface area contributed by atoms with Crippen LogP contribution in [-0.4, -0.2) is 35.9 Å². The number of hydrogen-bond donors (Lipinski definition) is 3. The minimum atomic E-state index is -1.21. The zero-order valence-corrected chi connectivity index (χ0v) is 16.4. The average molecular weight is 402 g/mol. The van der Waals surface area contributed by atoms with Crippen LogP contribution >= 0.6 is 0 Å². The number of hydrogen-bond acceptors (Lipinski definition) is 8. The Kier molecular flexibility index (Phi) is 6.37. The Labute approximate surface area is 167 Å². The summed E-state index contributed by atoms with van der Waals surface area (Å²) in [5.41, 5.74) is 5.43. The fourth-order valence-electron chi connectivity index (χ4n) is 3.13. The van der Waals surface area contributed by atoms with E-state index in [4.69, 9.17) is 20.6 Å². The van der Waals surface area contributed by atoms with Crippen LogP contribution in [0, 0.1) is 15.5 Å². The van der Waals surface area contributed by atoms with Gasteiger partial charge in [-0.05, 0) is 20.8 Å². The van der Waals surface area contributed by atoms with Crippen LogP contribution in [0.25, 0.3) is 0 Å². The standard InChI is InChI=1S/C19H22N4O6/c1-9(2)29-19(25)15-14(11-7-5-6-8-12(11)23(26)27)13(18(24)28-4)10(3)22-16(15)17(20)21/h5-9,14,22H,1-4H3,(H3,20,21). The maximum Gasteiger partial charge on any atom is 0.337 e. The largest absolute Gasteiger partial charge is 0.466 e. The van der Waals surface area contributed by atoms with Crippen molar-refractivity contribution in [3.63, 3.8) is 0 Å². The van der Waals surface area contributed by atoms with Crippen LogP contribution in [0.15, 0.2) is 46.8 Å². The van der Waals surface area contributed by atoms with Crippen molar-refractivity contribution in [2.24, 2.45) is 5.73 Å². The van der Waals surface area contributed by atoms with Gasteiger partial charge in [-0.2, -0.15) is 0 Å². The minimum Gasteiger partial charge on any atom is -0.466 e. The SMILES string of the molecule is COC(=O)C1=C(C)NC(C(=N)N)=C(C(=O)OC(C)C)C1c1ccccc1[N+](=O)[O-]. The summed E-state index contributed by atoms with van der Waals surface area (Å²) >= 11 is 0. The smallest absolute Gasteiger partial charge is 0.337 e. The van der Waals surface area contributed by atoms with Crippen molar-refractivity contribution in [1.82, 2.24) is 5.32 Å². The lowest BCUT2D eigenvalue weighted by atomic mass is 9.79. The molecule has 0 saturated carbocycles. The molecule has 1 aliphatic rings. The van der Waals surface area contributed by atoms with E-state index in [0.29, 0.717) is 0 Å². The van der Waals surface area contributed by atoms with Crippen LogP contribution in [0.4, 0.5) is 5.69 Å². The molecule has 1 unspecified atom stereocenters. The Morgan fingerprint density at radius 2 is 1.86 bits per heavy atom. The van der Waals surface area contributed by atoms with Crippen LogP contribution in [0.3, 0.4) is 0 Å². The molecule has 1 heterocycles. The summed E-state index contributed by atoms with van der Waals surface area (Å²) in [5.74, 6) is -3.33. The van der Waals surface area contributed by atoms with E-state index in [1.807, 2.05) is 0 Å². The number of dihydropyridines is 1. The first-order valence-corrected chi connectivity index (χ1v) is 8.69. The van der Waals surface area contributed by atoms with Crippen LogP contribution in [0.1, 0.15) is 32.3 Å². The lowest BCUT2D eigenvalue weighted by Crippen LogP contribution is -2.38. The summed E-state index contributed by atoms with van der Waals surface area (Å²) in [7, 11) is 1.16. The number of benzene rings is 1. The summed E-state index contributed by atoms with van der Waals surface area (Å²) in [6.45, 7) is 4.79. The fraction of sp³-hybridized carbons (Fsp3) is 0.316. The third kappa shape index (κ3) is 4.26. The van der Waals surface area contributed by atoms with Crippen molar-refractivity contribution in [3.05, 3.63) is 62.5 Å². The number of nitrogens with zero attached hydrogens (tertiary/aromatic N) is 1. The molecule has 154 valence electrons. The van der Waals surface area contributed by atoms with Crippen LogP contribution in [0.2, 0.25) is 0 Å². The molecule has 0 aliphatic carbocycles.